The van der Waals surface area contributed by atoms with E-state index in [1.807, 2.05) is 12.3 Å². The first-order valence-electron chi connectivity index (χ1n) is 6.68. The maximum Gasteiger partial charge on any atom is 0.129 e. The molecule has 2 heterocycles. The van der Waals surface area contributed by atoms with Crippen molar-refractivity contribution in [1.82, 2.24) is 14.8 Å². The highest BCUT2D eigenvalue weighted by atomic mass is 35.5. The molecule has 100 valence electrons. The summed E-state index contributed by atoms with van der Waals surface area (Å²) in [7, 11) is 0. The normalized spacial score (nSPS) is 18.4. The molecule has 3 nitrogen and oxygen atoms in total. The van der Waals surface area contributed by atoms with Gasteiger partial charge in [0.2, 0.25) is 0 Å². The number of hydrogen-bond donors (Lipinski definition) is 0. The van der Waals surface area contributed by atoms with Crippen LogP contribution in [0.2, 0.25) is 5.15 Å². The molecule has 0 aliphatic carbocycles. The first-order valence-corrected chi connectivity index (χ1v) is 7.06. The lowest BCUT2D eigenvalue weighted by Crippen LogP contribution is -2.46. The van der Waals surface area contributed by atoms with E-state index in [1.54, 1.807) is 0 Å². The molecule has 0 atom stereocenters. The third-order valence-electron chi connectivity index (χ3n) is 3.28. The second kappa shape index (κ2) is 6.50. The molecule has 0 spiro atoms. The van der Waals surface area contributed by atoms with E-state index in [0.717, 1.165) is 25.6 Å². The van der Waals surface area contributed by atoms with Gasteiger partial charge in [-0.25, -0.2) is 4.98 Å². The van der Waals surface area contributed by atoms with Gasteiger partial charge in [-0.1, -0.05) is 31.5 Å². The summed E-state index contributed by atoms with van der Waals surface area (Å²) in [6.45, 7) is 11.4. The number of nitrogens with zero attached hydrogens (tertiary/aromatic N) is 3. The van der Waals surface area contributed by atoms with Gasteiger partial charge in [0.15, 0.2) is 0 Å². The third kappa shape index (κ3) is 4.23. The molecule has 4 heteroatoms. The van der Waals surface area contributed by atoms with E-state index in [0.29, 0.717) is 5.15 Å². The highest BCUT2D eigenvalue weighted by Crippen LogP contribution is 2.11. The van der Waals surface area contributed by atoms with E-state index in [-0.39, 0.29) is 0 Å². The van der Waals surface area contributed by atoms with Crippen molar-refractivity contribution in [3.8, 4) is 0 Å². The molecule has 0 saturated carbocycles. The van der Waals surface area contributed by atoms with Crippen molar-refractivity contribution in [2.75, 3.05) is 32.7 Å². The van der Waals surface area contributed by atoms with Crippen LogP contribution in [0.1, 0.15) is 19.4 Å². The molecule has 0 radical (unpaired) electrons. The largest absolute Gasteiger partial charge is 0.301 e. The van der Waals surface area contributed by atoms with Gasteiger partial charge in [0.1, 0.15) is 5.15 Å². The number of rotatable bonds is 4. The standard InChI is InChI=1S/C14H22ClN3/c1-12(2)10-17-5-7-18(8-6-17)11-13-3-4-14(15)16-9-13/h3-4,9,12H,5-8,10-11H2,1-2H3. The predicted molar refractivity (Wildman–Crippen MR) is 75.8 cm³/mol. The van der Waals surface area contributed by atoms with Gasteiger partial charge in [-0.2, -0.15) is 0 Å². The van der Waals surface area contributed by atoms with Crippen molar-refractivity contribution in [3.63, 3.8) is 0 Å². The summed E-state index contributed by atoms with van der Waals surface area (Å²) in [4.78, 5) is 9.17. The Balaban J connectivity index is 1.78. The SMILES string of the molecule is CC(C)CN1CCN(Cc2ccc(Cl)nc2)CC1. The molecule has 0 unspecified atom stereocenters. The molecule has 2 rings (SSSR count). The summed E-state index contributed by atoms with van der Waals surface area (Å²) >= 11 is 5.79. The first-order chi connectivity index (χ1) is 8.63. The fraction of sp³-hybridized carbons (Fsp3) is 0.643. The topological polar surface area (TPSA) is 19.4 Å². The monoisotopic (exact) mass is 267 g/mol. The maximum atomic E-state index is 5.79. The molecule has 0 bridgehead atoms. The molecule has 0 amide bonds. The summed E-state index contributed by atoms with van der Waals surface area (Å²) in [6.07, 6.45) is 1.88. The number of pyridine rings is 1. The molecule has 1 aliphatic heterocycles. The number of halogens is 1. The summed E-state index contributed by atoms with van der Waals surface area (Å²) in [6, 6.07) is 3.93. The van der Waals surface area contributed by atoms with Gasteiger partial charge in [0.05, 0.1) is 0 Å². The average Bonchev–Trinajstić information content (AvgIpc) is 2.34. The molecule has 0 N–H and O–H groups in total. The second-order valence-electron chi connectivity index (χ2n) is 5.46. The molecule has 18 heavy (non-hydrogen) atoms. The van der Waals surface area contributed by atoms with Crippen molar-refractivity contribution in [2.45, 2.75) is 20.4 Å². The van der Waals surface area contributed by atoms with Crippen LogP contribution < -0.4 is 0 Å². The average molecular weight is 268 g/mol. The van der Waals surface area contributed by atoms with Crippen LogP contribution in [-0.4, -0.2) is 47.5 Å². The van der Waals surface area contributed by atoms with Crippen LogP contribution in [-0.2, 0) is 6.54 Å². The Kier molecular flexibility index (Phi) is 4.98. The Morgan fingerprint density at radius 1 is 1.17 bits per heavy atom. The Labute approximate surface area is 115 Å². The van der Waals surface area contributed by atoms with E-state index in [4.69, 9.17) is 11.6 Å². The predicted octanol–water partition coefficient (Wildman–Crippen LogP) is 2.51. The molecule has 1 aromatic heterocycles. The lowest BCUT2D eigenvalue weighted by atomic mass is 10.2. The van der Waals surface area contributed by atoms with Crippen LogP contribution in [0.4, 0.5) is 0 Å². The number of hydrogen-bond acceptors (Lipinski definition) is 3. The van der Waals surface area contributed by atoms with Crippen molar-refractivity contribution >= 4 is 11.6 Å². The van der Waals surface area contributed by atoms with Crippen LogP contribution in [0.15, 0.2) is 18.3 Å². The summed E-state index contributed by atoms with van der Waals surface area (Å²) < 4.78 is 0. The molecule has 1 fully saturated rings. The van der Waals surface area contributed by atoms with E-state index >= 15 is 0 Å². The molecule has 1 saturated heterocycles. The van der Waals surface area contributed by atoms with Crippen molar-refractivity contribution < 1.29 is 0 Å². The zero-order valence-corrected chi connectivity index (χ0v) is 12.0. The summed E-state index contributed by atoms with van der Waals surface area (Å²) in [5.74, 6) is 0.761. The van der Waals surface area contributed by atoms with Crippen LogP contribution in [0.5, 0.6) is 0 Å². The zero-order chi connectivity index (χ0) is 13.0. The minimum absolute atomic E-state index is 0.570. The van der Waals surface area contributed by atoms with Gasteiger partial charge >= 0.3 is 0 Å². The van der Waals surface area contributed by atoms with E-state index in [1.165, 1.54) is 25.2 Å². The zero-order valence-electron chi connectivity index (χ0n) is 11.3. The minimum Gasteiger partial charge on any atom is -0.301 e. The van der Waals surface area contributed by atoms with Crippen molar-refractivity contribution in [3.05, 3.63) is 29.0 Å². The lowest BCUT2D eigenvalue weighted by molar-refractivity contribution is 0.117. The van der Waals surface area contributed by atoms with Crippen molar-refractivity contribution in [1.29, 1.82) is 0 Å². The fourth-order valence-electron chi connectivity index (χ4n) is 2.40. The van der Waals surface area contributed by atoms with Gasteiger partial charge in [0.25, 0.3) is 0 Å². The molecular weight excluding hydrogens is 246 g/mol. The van der Waals surface area contributed by atoms with Crippen molar-refractivity contribution in [2.24, 2.45) is 5.92 Å². The quantitative estimate of drug-likeness (QED) is 0.782. The van der Waals surface area contributed by atoms with Gasteiger partial charge in [-0.3, -0.25) is 4.90 Å². The Morgan fingerprint density at radius 2 is 1.83 bits per heavy atom. The Morgan fingerprint density at radius 3 is 2.39 bits per heavy atom. The lowest BCUT2D eigenvalue weighted by Gasteiger charge is -2.35. The first kappa shape index (κ1) is 13.8. The van der Waals surface area contributed by atoms with Crippen LogP contribution >= 0.6 is 11.6 Å². The number of aromatic nitrogens is 1. The van der Waals surface area contributed by atoms with Gasteiger partial charge in [-0.05, 0) is 17.5 Å². The molecule has 1 aromatic rings. The van der Waals surface area contributed by atoms with Crippen LogP contribution in [0, 0.1) is 5.92 Å². The smallest absolute Gasteiger partial charge is 0.129 e. The molecular formula is C14H22ClN3. The third-order valence-corrected chi connectivity index (χ3v) is 3.51. The highest BCUT2D eigenvalue weighted by molar-refractivity contribution is 6.29. The van der Waals surface area contributed by atoms with Gasteiger partial charge in [0, 0.05) is 45.5 Å². The van der Waals surface area contributed by atoms with E-state index < -0.39 is 0 Å². The van der Waals surface area contributed by atoms with Crippen LogP contribution in [0.3, 0.4) is 0 Å². The summed E-state index contributed by atoms with van der Waals surface area (Å²) in [5, 5.41) is 0.570. The Hall–Kier alpha value is -0.640. The van der Waals surface area contributed by atoms with Gasteiger partial charge in [-0.15, -0.1) is 0 Å². The Bertz CT molecular complexity index is 356. The maximum absolute atomic E-state index is 5.79. The minimum atomic E-state index is 0.570. The second-order valence-corrected chi connectivity index (χ2v) is 5.85. The highest BCUT2D eigenvalue weighted by Gasteiger charge is 2.17. The molecule has 0 aromatic carbocycles. The molecule has 1 aliphatic rings. The van der Waals surface area contributed by atoms with E-state index in [9.17, 15) is 0 Å². The number of piperazine rings is 1. The van der Waals surface area contributed by atoms with Gasteiger partial charge < -0.3 is 4.90 Å². The van der Waals surface area contributed by atoms with E-state index in [2.05, 4.69) is 34.7 Å². The fourth-order valence-corrected chi connectivity index (χ4v) is 2.52. The van der Waals surface area contributed by atoms with Crippen LogP contribution in [0.25, 0.3) is 0 Å². The summed E-state index contributed by atoms with van der Waals surface area (Å²) in [5.41, 5.74) is 1.25.